The molecule has 1 aliphatic carbocycles. The third kappa shape index (κ3) is 3.86. The van der Waals surface area contributed by atoms with Gasteiger partial charge >= 0.3 is 18.1 Å². The van der Waals surface area contributed by atoms with E-state index >= 15 is 0 Å². The van der Waals surface area contributed by atoms with E-state index in [2.05, 4.69) is 4.98 Å². The van der Waals surface area contributed by atoms with E-state index in [9.17, 15) is 37.1 Å². The summed E-state index contributed by atoms with van der Waals surface area (Å²) in [7, 11) is 0. The minimum Gasteiger partial charge on any atom is -0.477 e. The number of benzene rings is 1. The molecule has 4 rings (SSSR count). The molecule has 0 saturated heterocycles. The lowest BCUT2D eigenvalue weighted by atomic mass is 10.0. The molecular weight excluding hydrogens is 422 g/mol. The normalized spacial score (nSPS) is 13.9. The number of hydrogen-bond acceptors (Lipinski definition) is 4. The fraction of sp³-hybridized carbons (Fsp3) is 0.200. The number of fused-ring (bicyclic) bond motifs is 1. The number of carboxylic acid groups (broad SMARTS) is 1. The number of carbonyl (C=O) groups is 2. The number of rotatable bonds is 4. The van der Waals surface area contributed by atoms with Crippen molar-refractivity contribution >= 4 is 28.6 Å². The third-order valence-electron chi connectivity index (χ3n) is 4.86. The van der Waals surface area contributed by atoms with Crippen molar-refractivity contribution in [2.24, 2.45) is 0 Å². The SMILES string of the molecule is O=C(O)c1cn(C2CC2)c2cc(-c3ccnc(NC(=O)C(F)(F)F)c3)c(F)cc2c1=O. The third-order valence-corrected chi connectivity index (χ3v) is 4.86. The maximum Gasteiger partial charge on any atom is 0.471 e. The van der Waals surface area contributed by atoms with Crippen molar-refractivity contribution in [2.45, 2.75) is 25.1 Å². The Bertz CT molecular complexity index is 1300. The van der Waals surface area contributed by atoms with Gasteiger partial charge in [0.15, 0.2) is 0 Å². The van der Waals surface area contributed by atoms with Crippen molar-refractivity contribution in [3.63, 3.8) is 0 Å². The van der Waals surface area contributed by atoms with Crippen LogP contribution in [0.5, 0.6) is 0 Å². The second-order valence-corrected chi connectivity index (χ2v) is 7.05. The number of alkyl halides is 3. The Morgan fingerprint density at radius 3 is 2.52 bits per heavy atom. The average Bonchev–Trinajstić information content (AvgIpc) is 3.52. The molecule has 1 amide bonds. The smallest absolute Gasteiger partial charge is 0.471 e. The Morgan fingerprint density at radius 2 is 1.90 bits per heavy atom. The number of nitrogens with zero attached hydrogens (tertiary/aromatic N) is 2. The molecule has 0 atom stereocenters. The summed E-state index contributed by atoms with van der Waals surface area (Å²) in [4.78, 5) is 38.7. The molecule has 11 heteroatoms. The van der Waals surface area contributed by atoms with Gasteiger partial charge in [-0.25, -0.2) is 14.2 Å². The van der Waals surface area contributed by atoms with Crippen LogP contribution in [-0.4, -0.2) is 32.7 Å². The van der Waals surface area contributed by atoms with E-state index < -0.39 is 40.7 Å². The maximum absolute atomic E-state index is 14.9. The molecule has 2 heterocycles. The molecule has 0 aliphatic heterocycles. The predicted molar refractivity (Wildman–Crippen MR) is 101 cm³/mol. The Balaban J connectivity index is 1.85. The van der Waals surface area contributed by atoms with Crippen LogP contribution in [0.1, 0.15) is 29.2 Å². The number of aromatic carboxylic acids is 1. The zero-order chi connectivity index (χ0) is 22.5. The van der Waals surface area contributed by atoms with E-state index in [4.69, 9.17) is 0 Å². The van der Waals surface area contributed by atoms with E-state index in [1.807, 2.05) is 0 Å². The number of carbonyl (C=O) groups excluding carboxylic acids is 1. The molecule has 1 aromatic carbocycles. The quantitative estimate of drug-likeness (QED) is 0.608. The monoisotopic (exact) mass is 435 g/mol. The van der Waals surface area contributed by atoms with Crippen LogP contribution in [0.3, 0.4) is 0 Å². The molecule has 1 saturated carbocycles. The van der Waals surface area contributed by atoms with E-state index in [1.54, 1.807) is 9.88 Å². The highest BCUT2D eigenvalue weighted by atomic mass is 19.4. The van der Waals surface area contributed by atoms with Gasteiger partial charge in [0.2, 0.25) is 5.43 Å². The lowest BCUT2D eigenvalue weighted by Gasteiger charge is -2.14. The van der Waals surface area contributed by atoms with Crippen LogP contribution in [0, 0.1) is 5.82 Å². The highest BCUT2D eigenvalue weighted by Gasteiger charge is 2.39. The fourth-order valence-electron chi connectivity index (χ4n) is 3.25. The minimum absolute atomic E-state index is 0.0430. The molecule has 1 fully saturated rings. The fourth-order valence-corrected chi connectivity index (χ4v) is 3.25. The Labute approximate surface area is 170 Å². The lowest BCUT2D eigenvalue weighted by molar-refractivity contribution is -0.167. The average molecular weight is 435 g/mol. The van der Waals surface area contributed by atoms with Crippen LogP contribution >= 0.6 is 0 Å². The highest BCUT2D eigenvalue weighted by molar-refractivity contribution is 5.95. The first-order chi connectivity index (χ1) is 14.6. The summed E-state index contributed by atoms with van der Waals surface area (Å²) in [5.41, 5.74) is -0.949. The summed E-state index contributed by atoms with van der Waals surface area (Å²) in [5, 5.41) is 10.8. The predicted octanol–water partition coefficient (Wildman–Crippen LogP) is 3.74. The van der Waals surface area contributed by atoms with E-state index in [0.29, 0.717) is 5.52 Å². The van der Waals surface area contributed by atoms with Crippen LogP contribution in [0.4, 0.5) is 23.4 Å². The number of hydrogen-bond donors (Lipinski definition) is 2. The summed E-state index contributed by atoms with van der Waals surface area (Å²) in [5.74, 6) is -4.96. The molecule has 1 aliphatic rings. The van der Waals surface area contributed by atoms with Crippen molar-refractivity contribution in [1.82, 2.24) is 9.55 Å². The van der Waals surface area contributed by atoms with Crippen LogP contribution in [0.25, 0.3) is 22.0 Å². The molecule has 2 aromatic heterocycles. The van der Waals surface area contributed by atoms with Crippen molar-refractivity contribution in [3.8, 4) is 11.1 Å². The first kappa shape index (κ1) is 20.5. The number of nitrogens with one attached hydrogen (secondary N) is 1. The lowest BCUT2D eigenvalue weighted by Crippen LogP contribution is -2.30. The summed E-state index contributed by atoms with van der Waals surface area (Å²) < 4.78 is 53.9. The first-order valence-electron chi connectivity index (χ1n) is 9.02. The maximum atomic E-state index is 14.9. The number of pyridine rings is 2. The van der Waals surface area contributed by atoms with Gasteiger partial charge in [0, 0.05) is 29.4 Å². The van der Waals surface area contributed by atoms with Gasteiger partial charge in [0.25, 0.3) is 0 Å². The van der Waals surface area contributed by atoms with Gasteiger partial charge in [0.1, 0.15) is 17.2 Å². The van der Waals surface area contributed by atoms with Crippen LogP contribution in [0.15, 0.2) is 41.5 Å². The van der Waals surface area contributed by atoms with Crippen molar-refractivity contribution in [2.75, 3.05) is 5.32 Å². The summed E-state index contributed by atoms with van der Waals surface area (Å²) in [6.45, 7) is 0. The standard InChI is InChI=1S/C20H13F4N3O4/c21-14-6-12-15(27(10-1-2-10)8-13(17(12)28)18(29)30)7-11(14)9-3-4-25-16(5-9)26-19(31)20(22,23)24/h3-8,10H,1-2H2,(H,29,30)(H,25,26,31). The van der Waals surface area contributed by atoms with Crippen molar-refractivity contribution < 1.29 is 32.3 Å². The number of carboxylic acids is 1. The van der Waals surface area contributed by atoms with Gasteiger partial charge < -0.3 is 15.0 Å². The number of anilines is 1. The van der Waals surface area contributed by atoms with Crippen LogP contribution in [0.2, 0.25) is 0 Å². The zero-order valence-corrected chi connectivity index (χ0v) is 15.5. The van der Waals surface area contributed by atoms with Gasteiger partial charge in [-0.1, -0.05) is 0 Å². The van der Waals surface area contributed by atoms with Gasteiger partial charge in [-0.2, -0.15) is 13.2 Å². The first-order valence-corrected chi connectivity index (χ1v) is 9.02. The molecule has 0 radical (unpaired) electrons. The largest absolute Gasteiger partial charge is 0.477 e. The molecule has 0 unspecified atom stereocenters. The highest BCUT2D eigenvalue weighted by Crippen LogP contribution is 2.38. The van der Waals surface area contributed by atoms with Crippen molar-refractivity contribution in [3.05, 3.63) is 58.3 Å². The molecule has 0 spiro atoms. The van der Waals surface area contributed by atoms with Gasteiger partial charge in [-0.15, -0.1) is 0 Å². The summed E-state index contributed by atoms with van der Waals surface area (Å²) >= 11 is 0. The number of halogens is 4. The Morgan fingerprint density at radius 1 is 1.19 bits per heavy atom. The molecule has 7 nitrogen and oxygen atoms in total. The second kappa shape index (κ2) is 7.18. The second-order valence-electron chi connectivity index (χ2n) is 7.05. The molecule has 3 aromatic rings. The molecule has 2 N–H and O–H groups in total. The van der Waals surface area contributed by atoms with Gasteiger partial charge in [-0.05, 0) is 42.7 Å². The molecule has 0 bridgehead atoms. The number of amides is 1. The Hall–Kier alpha value is -3.76. The Kier molecular flexibility index (Phi) is 4.75. The molecule has 31 heavy (non-hydrogen) atoms. The topological polar surface area (TPSA) is 101 Å². The summed E-state index contributed by atoms with van der Waals surface area (Å²) in [6.07, 6.45) is -1.28. The number of aromatic nitrogens is 2. The van der Waals surface area contributed by atoms with Gasteiger partial charge in [0.05, 0.1) is 5.52 Å². The molecule has 160 valence electrons. The summed E-state index contributed by atoms with van der Waals surface area (Å²) in [6, 6.07) is 4.60. The van der Waals surface area contributed by atoms with Gasteiger partial charge in [-0.3, -0.25) is 9.59 Å². The van der Waals surface area contributed by atoms with E-state index in [-0.39, 0.29) is 22.6 Å². The zero-order valence-electron chi connectivity index (χ0n) is 15.5. The molecular formula is C20H13F4N3O4. The van der Waals surface area contributed by atoms with Crippen LogP contribution < -0.4 is 10.7 Å². The minimum atomic E-state index is -5.12. The van der Waals surface area contributed by atoms with E-state index in [0.717, 1.165) is 31.2 Å². The van der Waals surface area contributed by atoms with Crippen LogP contribution in [-0.2, 0) is 4.79 Å². The van der Waals surface area contributed by atoms with E-state index in [1.165, 1.54) is 18.3 Å². The van der Waals surface area contributed by atoms with Crippen molar-refractivity contribution in [1.29, 1.82) is 0 Å².